The lowest BCUT2D eigenvalue weighted by atomic mass is 9.97. The van der Waals surface area contributed by atoms with Gasteiger partial charge in [0, 0.05) is 30.3 Å². The number of hydrogen-bond acceptors (Lipinski definition) is 5. The molecule has 6 heteroatoms. The highest BCUT2D eigenvalue weighted by Gasteiger charge is 2.29. The van der Waals surface area contributed by atoms with Crippen molar-refractivity contribution < 1.29 is 14.1 Å². The van der Waals surface area contributed by atoms with Gasteiger partial charge in [0.2, 0.25) is 5.88 Å². The molecule has 0 saturated carbocycles. The van der Waals surface area contributed by atoms with Gasteiger partial charge >= 0.3 is 0 Å². The number of hydrogen-bond donors (Lipinski definition) is 0. The maximum absolute atomic E-state index is 13.1. The van der Waals surface area contributed by atoms with Crippen molar-refractivity contribution in [1.82, 2.24) is 15.0 Å². The Labute approximate surface area is 167 Å². The molecule has 1 aliphatic heterocycles. The van der Waals surface area contributed by atoms with Crippen LogP contribution in [0.2, 0.25) is 0 Å². The van der Waals surface area contributed by atoms with E-state index in [-0.39, 0.29) is 5.91 Å². The number of aromatic nitrogens is 2. The highest BCUT2D eigenvalue weighted by molar-refractivity contribution is 5.98. The molecule has 2 aromatic carbocycles. The molecule has 1 aliphatic rings. The van der Waals surface area contributed by atoms with Gasteiger partial charge in [-0.3, -0.25) is 4.79 Å². The maximum Gasteiger partial charge on any atom is 0.259 e. The molecule has 144 valence electrons. The van der Waals surface area contributed by atoms with Gasteiger partial charge in [0.1, 0.15) is 17.0 Å². The Kier molecular flexibility index (Phi) is 4.24. The van der Waals surface area contributed by atoms with E-state index < -0.39 is 0 Å². The topological polar surface area (TPSA) is 68.5 Å². The van der Waals surface area contributed by atoms with Crippen LogP contribution in [0.4, 0.5) is 0 Å². The number of carbonyl (C=O) groups is 1. The summed E-state index contributed by atoms with van der Waals surface area (Å²) in [5.41, 5.74) is 3.24. The van der Waals surface area contributed by atoms with Gasteiger partial charge in [-0.05, 0) is 22.9 Å². The maximum atomic E-state index is 13.1. The molecule has 0 radical (unpaired) electrons. The SMILES string of the molecule is COc1ncccc1C(=O)N1CCc2onc(-c3cccc4ccccc34)c2C1. The van der Waals surface area contributed by atoms with Gasteiger partial charge in [-0.15, -0.1) is 0 Å². The zero-order chi connectivity index (χ0) is 19.8. The molecule has 1 amide bonds. The van der Waals surface area contributed by atoms with Crippen molar-refractivity contribution in [3.63, 3.8) is 0 Å². The van der Waals surface area contributed by atoms with Crippen LogP contribution < -0.4 is 4.74 Å². The summed E-state index contributed by atoms with van der Waals surface area (Å²) in [6.07, 6.45) is 2.24. The van der Waals surface area contributed by atoms with E-state index >= 15 is 0 Å². The van der Waals surface area contributed by atoms with Crippen molar-refractivity contribution in [1.29, 1.82) is 0 Å². The first-order chi connectivity index (χ1) is 14.3. The average molecular weight is 385 g/mol. The monoisotopic (exact) mass is 385 g/mol. The number of amides is 1. The van der Waals surface area contributed by atoms with Gasteiger partial charge in [-0.1, -0.05) is 47.6 Å². The lowest BCUT2D eigenvalue weighted by Crippen LogP contribution is -2.36. The minimum absolute atomic E-state index is 0.106. The number of nitrogens with zero attached hydrogens (tertiary/aromatic N) is 3. The van der Waals surface area contributed by atoms with Gasteiger partial charge in [0.25, 0.3) is 5.91 Å². The second-order valence-corrected chi connectivity index (χ2v) is 7.00. The van der Waals surface area contributed by atoms with Crippen LogP contribution in [0.15, 0.2) is 65.3 Å². The quantitative estimate of drug-likeness (QED) is 0.531. The smallest absolute Gasteiger partial charge is 0.259 e. The Morgan fingerprint density at radius 3 is 2.86 bits per heavy atom. The molecule has 0 saturated heterocycles. The summed E-state index contributed by atoms with van der Waals surface area (Å²) in [6, 6.07) is 17.8. The summed E-state index contributed by atoms with van der Waals surface area (Å²) in [6.45, 7) is 1.00. The van der Waals surface area contributed by atoms with Gasteiger partial charge < -0.3 is 14.2 Å². The standard InChI is InChI=1S/C23H19N3O3/c1-28-22-18(10-5-12-24-22)23(27)26-13-11-20-19(14-26)21(25-29-20)17-9-4-7-15-6-2-3-8-16(15)17/h2-10,12H,11,13-14H2,1H3. The zero-order valence-electron chi connectivity index (χ0n) is 16.0. The molecule has 0 unspecified atom stereocenters. The minimum atomic E-state index is -0.106. The van der Waals surface area contributed by atoms with Gasteiger partial charge in [0.05, 0.1) is 13.7 Å². The van der Waals surface area contributed by atoms with Crippen LogP contribution in [-0.4, -0.2) is 34.6 Å². The predicted molar refractivity (Wildman–Crippen MR) is 109 cm³/mol. The molecular weight excluding hydrogens is 366 g/mol. The number of rotatable bonds is 3. The average Bonchev–Trinajstić information content (AvgIpc) is 3.21. The van der Waals surface area contributed by atoms with Crippen LogP contribution in [0.5, 0.6) is 5.88 Å². The molecule has 0 spiro atoms. The molecule has 0 atom stereocenters. The lowest BCUT2D eigenvalue weighted by Gasteiger charge is -2.26. The summed E-state index contributed by atoms with van der Waals surface area (Å²) in [7, 11) is 1.52. The molecular formula is C23H19N3O3. The lowest BCUT2D eigenvalue weighted by molar-refractivity contribution is 0.0725. The van der Waals surface area contributed by atoms with E-state index in [2.05, 4.69) is 28.3 Å². The van der Waals surface area contributed by atoms with Crippen molar-refractivity contribution in [2.24, 2.45) is 0 Å². The zero-order valence-corrected chi connectivity index (χ0v) is 16.0. The Balaban J connectivity index is 1.53. The summed E-state index contributed by atoms with van der Waals surface area (Å²) in [5, 5.41) is 6.63. The highest BCUT2D eigenvalue weighted by atomic mass is 16.5. The Bertz CT molecular complexity index is 1210. The van der Waals surface area contributed by atoms with Crippen LogP contribution in [0.25, 0.3) is 22.0 Å². The molecule has 3 heterocycles. The summed E-state index contributed by atoms with van der Waals surface area (Å²) < 4.78 is 10.9. The molecule has 0 N–H and O–H groups in total. The van der Waals surface area contributed by atoms with Crippen molar-refractivity contribution in [2.75, 3.05) is 13.7 Å². The van der Waals surface area contributed by atoms with E-state index in [1.807, 2.05) is 24.3 Å². The number of fused-ring (bicyclic) bond motifs is 2. The summed E-state index contributed by atoms with van der Waals surface area (Å²) >= 11 is 0. The molecule has 0 fully saturated rings. The Morgan fingerprint density at radius 2 is 1.97 bits per heavy atom. The van der Waals surface area contributed by atoms with Crippen LogP contribution in [-0.2, 0) is 13.0 Å². The van der Waals surface area contributed by atoms with E-state index in [1.165, 1.54) is 7.11 Å². The first-order valence-corrected chi connectivity index (χ1v) is 9.50. The van der Waals surface area contributed by atoms with E-state index in [0.29, 0.717) is 31.0 Å². The molecule has 5 rings (SSSR count). The number of carbonyl (C=O) groups excluding carboxylic acids is 1. The molecule has 0 bridgehead atoms. The first kappa shape index (κ1) is 17.4. The summed E-state index contributed by atoms with van der Waals surface area (Å²) in [4.78, 5) is 19.1. The van der Waals surface area contributed by atoms with E-state index in [0.717, 1.165) is 33.4 Å². The van der Waals surface area contributed by atoms with Crippen LogP contribution in [0.1, 0.15) is 21.7 Å². The van der Waals surface area contributed by atoms with Crippen LogP contribution in [0.3, 0.4) is 0 Å². The second kappa shape index (κ2) is 7.05. The highest BCUT2D eigenvalue weighted by Crippen LogP contribution is 2.34. The van der Waals surface area contributed by atoms with Gasteiger partial charge in [-0.25, -0.2) is 4.98 Å². The van der Waals surface area contributed by atoms with E-state index in [1.54, 1.807) is 23.2 Å². The summed E-state index contributed by atoms with van der Waals surface area (Å²) in [5.74, 6) is 1.07. The van der Waals surface area contributed by atoms with Gasteiger partial charge in [0.15, 0.2) is 0 Å². The van der Waals surface area contributed by atoms with Crippen molar-refractivity contribution in [2.45, 2.75) is 13.0 Å². The Morgan fingerprint density at radius 1 is 1.10 bits per heavy atom. The first-order valence-electron chi connectivity index (χ1n) is 9.50. The Hall–Kier alpha value is -3.67. The van der Waals surface area contributed by atoms with Crippen LogP contribution >= 0.6 is 0 Å². The van der Waals surface area contributed by atoms with Crippen LogP contribution in [0, 0.1) is 0 Å². The van der Waals surface area contributed by atoms with Crippen molar-refractivity contribution in [3.8, 4) is 17.1 Å². The third-order valence-corrected chi connectivity index (χ3v) is 5.35. The number of pyridine rings is 1. The molecule has 6 nitrogen and oxygen atoms in total. The van der Waals surface area contributed by atoms with E-state index in [4.69, 9.17) is 9.26 Å². The number of methoxy groups -OCH3 is 1. The fourth-order valence-electron chi connectivity index (χ4n) is 3.91. The van der Waals surface area contributed by atoms with E-state index in [9.17, 15) is 4.79 Å². The molecule has 0 aliphatic carbocycles. The fraction of sp³-hybridized carbons (Fsp3) is 0.174. The minimum Gasteiger partial charge on any atom is -0.480 e. The largest absolute Gasteiger partial charge is 0.480 e. The molecule has 29 heavy (non-hydrogen) atoms. The predicted octanol–water partition coefficient (Wildman–Crippen LogP) is 4.10. The fourth-order valence-corrected chi connectivity index (χ4v) is 3.91. The number of benzene rings is 2. The third-order valence-electron chi connectivity index (χ3n) is 5.35. The van der Waals surface area contributed by atoms with Crippen molar-refractivity contribution >= 4 is 16.7 Å². The second-order valence-electron chi connectivity index (χ2n) is 7.00. The number of ether oxygens (including phenoxy) is 1. The van der Waals surface area contributed by atoms with Gasteiger partial charge in [-0.2, -0.15) is 0 Å². The molecule has 4 aromatic rings. The van der Waals surface area contributed by atoms with Crippen molar-refractivity contribution in [3.05, 3.63) is 77.7 Å². The third kappa shape index (κ3) is 2.93. The normalized spacial score (nSPS) is 13.3. The molecule has 2 aromatic heterocycles.